The SMILES string of the molecule is COc1cc(NC(=O)c2ccccc2-c2ccccc2C#N)c(OC)cc1Cl. The van der Waals surface area contributed by atoms with Gasteiger partial charge in [0.25, 0.3) is 5.91 Å². The Kier molecular flexibility index (Phi) is 5.83. The highest BCUT2D eigenvalue weighted by Gasteiger charge is 2.18. The van der Waals surface area contributed by atoms with Crippen LogP contribution < -0.4 is 14.8 Å². The van der Waals surface area contributed by atoms with E-state index in [0.29, 0.717) is 44.5 Å². The molecule has 0 radical (unpaired) electrons. The summed E-state index contributed by atoms with van der Waals surface area (Å²) < 4.78 is 10.5. The molecule has 0 spiro atoms. The topological polar surface area (TPSA) is 71.3 Å². The number of nitrogens with zero attached hydrogens (tertiary/aromatic N) is 1. The van der Waals surface area contributed by atoms with E-state index >= 15 is 0 Å². The zero-order valence-electron chi connectivity index (χ0n) is 15.3. The smallest absolute Gasteiger partial charge is 0.256 e. The quantitative estimate of drug-likeness (QED) is 0.651. The van der Waals surface area contributed by atoms with E-state index in [4.69, 9.17) is 21.1 Å². The second kappa shape index (κ2) is 8.47. The first-order chi connectivity index (χ1) is 13.6. The van der Waals surface area contributed by atoms with Crippen molar-refractivity contribution in [2.24, 2.45) is 0 Å². The highest BCUT2D eigenvalue weighted by molar-refractivity contribution is 6.32. The first-order valence-corrected chi connectivity index (χ1v) is 8.78. The van der Waals surface area contributed by atoms with E-state index in [1.165, 1.54) is 14.2 Å². The van der Waals surface area contributed by atoms with Crippen molar-refractivity contribution in [3.63, 3.8) is 0 Å². The van der Waals surface area contributed by atoms with Gasteiger partial charge in [-0.3, -0.25) is 4.79 Å². The Morgan fingerprint density at radius 2 is 1.61 bits per heavy atom. The maximum Gasteiger partial charge on any atom is 0.256 e. The number of nitrogens with one attached hydrogen (secondary N) is 1. The number of rotatable bonds is 5. The number of carbonyl (C=O) groups excluding carboxylic acids is 1. The van der Waals surface area contributed by atoms with E-state index < -0.39 is 0 Å². The number of benzene rings is 3. The average molecular weight is 393 g/mol. The molecular formula is C22H17ClN2O3. The first kappa shape index (κ1) is 19.3. The summed E-state index contributed by atoms with van der Waals surface area (Å²) in [7, 11) is 2.98. The van der Waals surface area contributed by atoms with E-state index in [0.717, 1.165) is 0 Å². The predicted molar refractivity (Wildman–Crippen MR) is 109 cm³/mol. The van der Waals surface area contributed by atoms with E-state index in [1.54, 1.807) is 36.4 Å². The molecule has 140 valence electrons. The minimum absolute atomic E-state index is 0.342. The number of ether oxygens (including phenoxy) is 2. The second-order valence-electron chi connectivity index (χ2n) is 5.84. The number of methoxy groups -OCH3 is 2. The van der Waals surface area contributed by atoms with Crippen LogP contribution in [-0.4, -0.2) is 20.1 Å². The van der Waals surface area contributed by atoms with Gasteiger partial charge in [0, 0.05) is 23.3 Å². The van der Waals surface area contributed by atoms with Crippen molar-refractivity contribution in [3.8, 4) is 28.7 Å². The maximum absolute atomic E-state index is 13.0. The number of amides is 1. The van der Waals surface area contributed by atoms with Crippen LogP contribution in [0.4, 0.5) is 5.69 Å². The molecule has 1 N–H and O–H groups in total. The summed E-state index contributed by atoms with van der Waals surface area (Å²) in [6.07, 6.45) is 0. The van der Waals surface area contributed by atoms with Crippen molar-refractivity contribution in [1.82, 2.24) is 0 Å². The fourth-order valence-corrected chi connectivity index (χ4v) is 3.11. The van der Waals surface area contributed by atoms with Gasteiger partial charge in [-0.25, -0.2) is 0 Å². The highest BCUT2D eigenvalue weighted by atomic mass is 35.5. The summed E-state index contributed by atoms with van der Waals surface area (Å²) in [5.41, 5.74) is 2.71. The monoisotopic (exact) mass is 392 g/mol. The van der Waals surface area contributed by atoms with Gasteiger partial charge in [-0.15, -0.1) is 0 Å². The minimum atomic E-state index is -0.342. The van der Waals surface area contributed by atoms with Gasteiger partial charge in [0.1, 0.15) is 11.5 Å². The third kappa shape index (κ3) is 3.78. The van der Waals surface area contributed by atoms with Gasteiger partial charge in [0.15, 0.2) is 0 Å². The van der Waals surface area contributed by atoms with Crippen LogP contribution in [0, 0.1) is 11.3 Å². The summed E-state index contributed by atoms with van der Waals surface area (Å²) in [6.45, 7) is 0. The Labute approximate surface area is 168 Å². The Bertz CT molecular complexity index is 1070. The van der Waals surface area contributed by atoms with Gasteiger partial charge < -0.3 is 14.8 Å². The van der Waals surface area contributed by atoms with Crippen LogP contribution in [0.5, 0.6) is 11.5 Å². The molecule has 0 aliphatic carbocycles. The van der Waals surface area contributed by atoms with Crippen molar-refractivity contribution in [3.05, 3.63) is 76.8 Å². The number of hydrogen-bond acceptors (Lipinski definition) is 4. The summed E-state index contributed by atoms with van der Waals surface area (Å²) in [5.74, 6) is 0.487. The van der Waals surface area contributed by atoms with Gasteiger partial charge in [-0.05, 0) is 17.7 Å². The molecule has 0 saturated carbocycles. The predicted octanol–water partition coefficient (Wildman–Crippen LogP) is 5.15. The van der Waals surface area contributed by atoms with Crippen molar-refractivity contribution < 1.29 is 14.3 Å². The molecule has 0 saturated heterocycles. The normalized spacial score (nSPS) is 10.1. The number of nitriles is 1. The number of hydrogen-bond donors (Lipinski definition) is 1. The summed E-state index contributed by atoms with van der Waals surface area (Å²) in [5, 5.41) is 12.6. The molecule has 3 aromatic rings. The van der Waals surface area contributed by atoms with Crippen molar-refractivity contribution in [1.29, 1.82) is 5.26 Å². The van der Waals surface area contributed by atoms with Crippen LogP contribution in [0.2, 0.25) is 5.02 Å². The molecule has 1 amide bonds. The van der Waals surface area contributed by atoms with Crippen LogP contribution in [-0.2, 0) is 0 Å². The van der Waals surface area contributed by atoms with Gasteiger partial charge in [0.05, 0.1) is 36.6 Å². The number of anilines is 1. The third-order valence-electron chi connectivity index (χ3n) is 4.23. The minimum Gasteiger partial charge on any atom is -0.495 e. The Balaban J connectivity index is 2.03. The largest absolute Gasteiger partial charge is 0.495 e. The number of halogens is 1. The number of carbonyl (C=O) groups is 1. The lowest BCUT2D eigenvalue weighted by Crippen LogP contribution is -2.14. The molecule has 3 aromatic carbocycles. The fraction of sp³-hybridized carbons (Fsp3) is 0.0909. The lowest BCUT2D eigenvalue weighted by Gasteiger charge is -2.15. The average Bonchev–Trinajstić information content (AvgIpc) is 2.74. The van der Waals surface area contributed by atoms with Crippen molar-refractivity contribution in [2.75, 3.05) is 19.5 Å². The molecule has 28 heavy (non-hydrogen) atoms. The lowest BCUT2D eigenvalue weighted by atomic mass is 9.95. The van der Waals surface area contributed by atoms with Crippen LogP contribution in [0.3, 0.4) is 0 Å². The van der Waals surface area contributed by atoms with Crippen molar-refractivity contribution >= 4 is 23.2 Å². The van der Waals surface area contributed by atoms with E-state index in [2.05, 4.69) is 11.4 Å². The molecule has 0 atom stereocenters. The zero-order chi connectivity index (χ0) is 20.1. The van der Waals surface area contributed by atoms with E-state index in [1.807, 2.05) is 24.3 Å². The molecular weight excluding hydrogens is 376 g/mol. The lowest BCUT2D eigenvalue weighted by molar-refractivity contribution is 0.102. The standard InChI is InChI=1S/C22H17ClN2O3/c1-27-20-12-19(21(28-2)11-18(20)23)25-22(26)17-10-6-5-9-16(17)15-8-4-3-7-14(15)13-24/h3-12H,1-2H3,(H,25,26). The first-order valence-electron chi connectivity index (χ1n) is 8.40. The summed E-state index contributed by atoms with van der Waals surface area (Å²) in [6, 6.07) is 19.6. The second-order valence-corrected chi connectivity index (χ2v) is 6.25. The maximum atomic E-state index is 13.0. The van der Waals surface area contributed by atoms with Gasteiger partial charge >= 0.3 is 0 Å². The van der Waals surface area contributed by atoms with E-state index in [-0.39, 0.29) is 5.91 Å². The molecule has 6 heteroatoms. The molecule has 0 unspecified atom stereocenters. The molecule has 0 heterocycles. The molecule has 0 aliphatic heterocycles. The zero-order valence-corrected chi connectivity index (χ0v) is 16.1. The van der Waals surface area contributed by atoms with Crippen molar-refractivity contribution in [2.45, 2.75) is 0 Å². The molecule has 0 aromatic heterocycles. The van der Waals surface area contributed by atoms with Crippen LogP contribution >= 0.6 is 11.6 Å². The van der Waals surface area contributed by atoms with Crippen LogP contribution in [0.1, 0.15) is 15.9 Å². The van der Waals surface area contributed by atoms with Crippen LogP contribution in [0.25, 0.3) is 11.1 Å². The van der Waals surface area contributed by atoms with Crippen LogP contribution in [0.15, 0.2) is 60.7 Å². The highest BCUT2D eigenvalue weighted by Crippen LogP contribution is 2.36. The third-order valence-corrected chi connectivity index (χ3v) is 4.53. The molecule has 5 nitrogen and oxygen atoms in total. The summed E-state index contributed by atoms with van der Waals surface area (Å²) >= 11 is 6.12. The molecule has 3 rings (SSSR count). The van der Waals surface area contributed by atoms with Gasteiger partial charge in [-0.2, -0.15) is 5.26 Å². The molecule has 0 bridgehead atoms. The Morgan fingerprint density at radius 1 is 0.964 bits per heavy atom. The van der Waals surface area contributed by atoms with Gasteiger partial charge in [-0.1, -0.05) is 48.0 Å². The van der Waals surface area contributed by atoms with Gasteiger partial charge in [0.2, 0.25) is 0 Å². The fourth-order valence-electron chi connectivity index (χ4n) is 2.88. The summed E-state index contributed by atoms with van der Waals surface area (Å²) in [4.78, 5) is 13.0. The van der Waals surface area contributed by atoms with E-state index in [9.17, 15) is 10.1 Å². The molecule has 0 aliphatic rings. The Hall–Kier alpha value is -3.49. The molecule has 0 fully saturated rings. The Morgan fingerprint density at radius 3 is 2.29 bits per heavy atom.